The van der Waals surface area contributed by atoms with Gasteiger partial charge in [-0.15, -0.1) is 0 Å². The highest BCUT2D eigenvalue weighted by Gasteiger charge is 2.21. The zero-order valence-electron chi connectivity index (χ0n) is 12.7. The lowest BCUT2D eigenvalue weighted by Crippen LogP contribution is -2.48. The first-order valence-corrected chi connectivity index (χ1v) is 8.21. The minimum absolute atomic E-state index is 0.140. The zero-order chi connectivity index (χ0) is 16.4. The molecule has 0 aromatic carbocycles. The van der Waals surface area contributed by atoms with E-state index in [9.17, 15) is 14.4 Å². The molecule has 0 aliphatic rings. The Labute approximate surface area is 129 Å². The standard InChI is InChI=1S/C13H25N3O4S/c1-8(2)6-10(13(19)20)16-11(17)7-15-12(18)9(14)4-5-21-3/h8-10H,4-7,14H2,1-3H3,(H,15,18)(H,16,17)(H,19,20). The monoisotopic (exact) mass is 319 g/mol. The van der Waals surface area contributed by atoms with Crippen molar-refractivity contribution in [3.8, 4) is 0 Å². The molecule has 8 heteroatoms. The number of hydrogen-bond donors (Lipinski definition) is 4. The second-order valence-corrected chi connectivity index (χ2v) is 6.18. The van der Waals surface area contributed by atoms with Crippen LogP contribution in [-0.2, 0) is 14.4 Å². The Hall–Kier alpha value is -1.28. The van der Waals surface area contributed by atoms with E-state index in [4.69, 9.17) is 10.8 Å². The molecule has 7 nitrogen and oxygen atoms in total. The molecule has 0 fully saturated rings. The van der Waals surface area contributed by atoms with Crippen LogP contribution in [0.4, 0.5) is 0 Å². The third-order valence-corrected chi connectivity index (χ3v) is 3.38. The van der Waals surface area contributed by atoms with Crippen molar-refractivity contribution in [3.63, 3.8) is 0 Å². The molecule has 2 amide bonds. The summed E-state index contributed by atoms with van der Waals surface area (Å²) >= 11 is 1.58. The van der Waals surface area contributed by atoms with Crippen molar-refractivity contribution in [1.29, 1.82) is 0 Å². The molecule has 0 saturated heterocycles. The van der Waals surface area contributed by atoms with Gasteiger partial charge in [-0.1, -0.05) is 13.8 Å². The lowest BCUT2D eigenvalue weighted by Gasteiger charge is -2.17. The maximum Gasteiger partial charge on any atom is 0.326 e. The lowest BCUT2D eigenvalue weighted by molar-refractivity contribution is -0.142. The molecule has 0 aliphatic carbocycles. The fraction of sp³-hybridized carbons (Fsp3) is 0.769. The van der Waals surface area contributed by atoms with Crippen molar-refractivity contribution in [2.75, 3.05) is 18.6 Å². The molecular formula is C13H25N3O4S. The van der Waals surface area contributed by atoms with Crippen molar-refractivity contribution in [3.05, 3.63) is 0 Å². The third kappa shape index (κ3) is 9.30. The van der Waals surface area contributed by atoms with E-state index in [-0.39, 0.29) is 12.5 Å². The quantitative estimate of drug-likeness (QED) is 0.442. The van der Waals surface area contributed by atoms with Crippen molar-refractivity contribution in [2.24, 2.45) is 11.7 Å². The van der Waals surface area contributed by atoms with Crippen LogP contribution in [0.5, 0.6) is 0 Å². The van der Waals surface area contributed by atoms with Crippen molar-refractivity contribution in [1.82, 2.24) is 10.6 Å². The number of hydrogen-bond acceptors (Lipinski definition) is 5. The number of nitrogens with two attached hydrogens (primary N) is 1. The molecule has 0 aromatic heterocycles. The average Bonchev–Trinajstić information content (AvgIpc) is 2.40. The molecular weight excluding hydrogens is 294 g/mol. The highest BCUT2D eigenvalue weighted by atomic mass is 32.2. The SMILES string of the molecule is CSCCC(N)C(=O)NCC(=O)NC(CC(C)C)C(=O)O. The molecule has 21 heavy (non-hydrogen) atoms. The highest BCUT2D eigenvalue weighted by molar-refractivity contribution is 7.98. The first-order chi connectivity index (χ1) is 9.77. The van der Waals surface area contributed by atoms with Gasteiger partial charge in [0.05, 0.1) is 12.6 Å². The number of carbonyl (C=O) groups excluding carboxylic acids is 2. The number of amides is 2. The number of rotatable bonds is 10. The summed E-state index contributed by atoms with van der Waals surface area (Å²) in [6.45, 7) is 3.47. The normalized spacial score (nSPS) is 13.6. The molecule has 0 saturated carbocycles. The number of carboxylic acid groups (broad SMARTS) is 1. The van der Waals surface area contributed by atoms with Crippen molar-refractivity contribution >= 4 is 29.5 Å². The minimum atomic E-state index is -1.08. The summed E-state index contributed by atoms with van der Waals surface area (Å²) in [5.74, 6) is -1.12. The maximum atomic E-state index is 11.6. The fourth-order valence-electron chi connectivity index (χ4n) is 1.61. The number of thioether (sulfide) groups is 1. The number of nitrogens with one attached hydrogen (secondary N) is 2. The Morgan fingerprint density at radius 2 is 1.90 bits per heavy atom. The summed E-state index contributed by atoms with van der Waals surface area (Å²) in [6, 6.07) is -1.60. The molecule has 0 radical (unpaired) electrons. The van der Waals surface area contributed by atoms with Gasteiger partial charge in [-0.05, 0) is 30.8 Å². The Morgan fingerprint density at radius 1 is 1.29 bits per heavy atom. The Bertz CT molecular complexity index is 363. The molecule has 0 heterocycles. The summed E-state index contributed by atoms with van der Waals surface area (Å²) in [5.41, 5.74) is 5.65. The van der Waals surface area contributed by atoms with Gasteiger partial charge in [0.15, 0.2) is 0 Å². The molecule has 122 valence electrons. The van der Waals surface area contributed by atoms with Crippen LogP contribution in [0.15, 0.2) is 0 Å². The molecule has 2 atom stereocenters. The second-order valence-electron chi connectivity index (χ2n) is 5.19. The highest BCUT2D eigenvalue weighted by Crippen LogP contribution is 2.04. The van der Waals surface area contributed by atoms with Crippen LogP contribution in [0.1, 0.15) is 26.7 Å². The Kier molecular flexibility index (Phi) is 9.81. The van der Waals surface area contributed by atoms with E-state index in [1.165, 1.54) is 0 Å². The first kappa shape index (κ1) is 19.7. The van der Waals surface area contributed by atoms with Crippen LogP contribution in [0.3, 0.4) is 0 Å². The Morgan fingerprint density at radius 3 is 2.38 bits per heavy atom. The van der Waals surface area contributed by atoms with Gasteiger partial charge < -0.3 is 21.5 Å². The van der Waals surface area contributed by atoms with Crippen LogP contribution < -0.4 is 16.4 Å². The number of carboxylic acids is 1. The zero-order valence-corrected chi connectivity index (χ0v) is 13.5. The fourth-order valence-corrected chi connectivity index (χ4v) is 2.10. The van der Waals surface area contributed by atoms with Gasteiger partial charge in [-0.2, -0.15) is 11.8 Å². The summed E-state index contributed by atoms with van der Waals surface area (Å²) < 4.78 is 0. The molecule has 0 aromatic rings. The molecule has 0 spiro atoms. The first-order valence-electron chi connectivity index (χ1n) is 6.82. The van der Waals surface area contributed by atoms with E-state index in [0.29, 0.717) is 12.8 Å². The Balaban J connectivity index is 4.18. The second kappa shape index (κ2) is 10.4. The average molecular weight is 319 g/mol. The van der Waals surface area contributed by atoms with Crippen LogP contribution >= 0.6 is 11.8 Å². The van der Waals surface area contributed by atoms with Crippen LogP contribution in [0.2, 0.25) is 0 Å². The number of aliphatic carboxylic acids is 1. The van der Waals surface area contributed by atoms with Gasteiger partial charge in [-0.25, -0.2) is 4.79 Å². The molecule has 0 aliphatic heterocycles. The number of carbonyl (C=O) groups is 3. The van der Waals surface area contributed by atoms with Gasteiger partial charge >= 0.3 is 5.97 Å². The largest absolute Gasteiger partial charge is 0.480 e. The molecule has 0 bridgehead atoms. The van der Waals surface area contributed by atoms with Crippen molar-refractivity contribution < 1.29 is 19.5 Å². The van der Waals surface area contributed by atoms with Crippen molar-refractivity contribution in [2.45, 2.75) is 38.8 Å². The maximum absolute atomic E-state index is 11.6. The third-order valence-electron chi connectivity index (χ3n) is 2.73. The van der Waals surface area contributed by atoms with Gasteiger partial charge in [-0.3, -0.25) is 9.59 Å². The van der Waals surface area contributed by atoms with E-state index in [1.807, 2.05) is 20.1 Å². The smallest absolute Gasteiger partial charge is 0.326 e. The van der Waals surface area contributed by atoms with E-state index in [2.05, 4.69) is 10.6 Å². The molecule has 2 unspecified atom stereocenters. The van der Waals surface area contributed by atoms with E-state index >= 15 is 0 Å². The molecule has 5 N–H and O–H groups in total. The van der Waals surface area contributed by atoms with Gasteiger partial charge in [0.2, 0.25) is 11.8 Å². The van der Waals surface area contributed by atoms with Gasteiger partial charge in [0.25, 0.3) is 0 Å². The summed E-state index contributed by atoms with van der Waals surface area (Å²) in [6.07, 6.45) is 2.78. The summed E-state index contributed by atoms with van der Waals surface area (Å²) in [5, 5.41) is 13.8. The summed E-state index contributed by atoms with van der Waals surface area (Å²) in [7, 11) is 0. The minimum Gasteiger partial charge on any atom is -0.480 e. The molecule has 0 rings (SSSR count). The van der Waals surface area contributed by atoms with E-state index in [0.717, 1.165) is 5.75 Å². The van der Waals surface area contributed by atoms with E-state index < -0.39 is 29.9 Å². The predicted octanol–water partition coefficient (Wildman–Crippen LogP) is -0.201. The van der Waals surface area contributed by atoms with Gasteiger partial charge in [0.1, 0.15) is 6.04 Å². The van der Waals surface area contributed by atoms with Crippen LogP contribution in [-0.4, -0.2) is 53.5 Å². The lowest BCUT2D eigenvalue weighted by atomic mass is 10.0. The topological polar surface area (TPSA) is 122 Å². The summed E-state index contributed by atoms with van der Waals surface area (Å²) in [4.78, 5) is 34.3. The van der Waals surface area contributed by atoms with Gasteiger partial charge in [0, 0.05) is 0 Å². The van der Waals surface area contributed by atoms with E-state index in [1.54, 1.807) is 11.8 Å². The van der Waals surface area contributed by atoms with Crippen LogP contribution in [0.25, 0.3) is 0 Å². The van der Waals surface area contributed by atoms with Crippen LogP contribution in [0, 0.1) is 5.92 Å². The predicted molar refractivity (Wildman–Crippen MR) is 83.0 cm³/mol.